The highest BCUT2D eigenvalue weighted by Gasteiger charge is 2.31. The largest absolute Gasteiger partial charge is 0.364 e. The molecule has 0 radical (unpaired) electrons. The van der Waals surface area contributed by atoms with E-state index in [-0.39, 0.29) is 11.9 Å². The number of carbonyl (C=O) groups excluding carboxylic acids is 1. The second-order valence-electron chi connectivity index (χ2n) is 2.56. The third-order valence-electron chi connectivity index (χ3n) is 1.64. The van der Waals surface area contributed by atoms with Crippen LogP contribution in [0.2, 0.25) is 5.15 Å². The third kappa shape index (κ3) is 1.47. The maximum atomic E-state index is 11.3. The van der Waals surface area contributed by atoms with E-state index in [4.69, 9.17) is 16.3 Å². The molecule has 1 fully saturated rings. The number of rotatable bonds is 2. The number of hydrogen-bond acceptors (Lipinski definition) is 3. The van der Waals surface area contributed by atoms with Crippen LogP contribution in [0.1, 0.15) is 10.4 Å². The molecule has 1 aliphatic rings. The zero-order chi connectivity index (χ0) is 8.55. The van der Waals surface area contributed by atoms with Crippen molar-refractivity contribution in [3.8, 4) is 0 Å². The van der Waals surface area contributed by atoms with Gasteiger partial charge < -0.3 is 4.74 Å². The number of nitrogens with zero attached hydrogens (tertiary/aromatic N) is 1. The third-order valence-corrected chi connectivity index (χ3v) is 1.86. The van der Waals surface area contributed by atoms with E-state index in [1.165, 1.54) is 6.20 Å². The van der Waals surface area contributed by atoms with Gasteiger partial charge in [0.15, 0.2) is 5.78 Å². The van der Waals surface area contributed by atoms with Crippen molar-refractivity contribution in [1.82, 2.24) is 4.98 Å². The summed E-state index contributed by atoms with van der Waals surface area (Å²) in [7, 11) is 0. The first-order valence-electron chi connectivity index (χ1n) is 3.55. The van der Waals surface area contributed by atoms with Gasteiger partial charge in [-0.05, 0) is 12.1 Å². The first-order valence-corrected chi connectivity index (χ1v) is 3.92. The fourth-order valence-electron chi connectivity index (χ4n) is 0.907. The summed E-state index contributed by atoms with van der Waals surface area (Å²) in [5.74, 6) is -0.0147. The summed E-state index contributed by atoms with van der Waals surface area (Å²) < 4.78 is 4.84. The average molecular weight is 184 g/mol. The molecule has 12 heavy (non-hydrogen) atoms. The zero-order valence-corrected chi connectivity index (χ0v) is 6.91. The number of halogens is 1. The molecule has 0 bridgehead atoms. The summed E-state index contributed by atoms with van der Waals surface area (Å²) in [6.07, 6.45) is 1.22. The molecule has 1 saturated heterocycles. The lowest BCUT2D eigenvalue weighted by Crippen LogP contribution is -2.06. The van der Waals surface area contributed by atoms with Crippen molar-refractivity contribution < 1.29 is 9.53 Å². The van der Waals surface area contributed by atoms with Gasteiger partial charge in [-0.2, -0.15) is 0 Å². The SMILES string of the molecule is O=C(c1ccc(Cl)nc1)C1CO1. The molecule has 0 spiro atoms. The molecule has 1 aromatic heterocycles. The van der Waals surface area contributed by atoms with Crippen molar-refractivity contribution in [2.75, 3.05) is 6.61 Å². The van der Waals surface area contributed by atoms with Crippen LogP contribution in [-0.2, 0) is 4.74 Å². The molecule has 3 nitrogen and oxygen atoms in total. The number of ether oxygens (including phenoxy) is 1. The molecule has 62 valence electrons. The van der Waals surface area contributed by atoms with E-state index < -0.39 is 0 Å². The number of hydrogen-bond donors (Lipinski definition) is 0. The quantitative estimate of drug-likeness (QED) is 0.395. The van der Waals surface area contributed by atoms with Crippen LogP contribution in [0.5, 0.6) is 0 Å². The van der Waals surface area contributed by atoms with E-state index in [0.29, 0.717) is 17.3 Å². The molecular weight excluding hydrogens is 178 g/mol. The molecule has 0 aliphatic carbocycles. The molecule has 1 atom stereocenters. The zero-order valence-electron chi connectivity index (χ0n) is 6.16. The Hall–Kier alpha value is -0.930. The van der Waals surface area contributed by atoms with Crippen molar-refractivity contribution in [2.45, 2.75) is 6.10 Å². The normalized spacial score (nSPS) is 20.6. The van der Waals surface area contributed by atoms with E-state index in [1.54, 1.807) is 12.1 Å². The molecule has 2 rings (SSSR count). The highest BCUT2D eigenvalue weighted by atomic mass is 35.5. The Bertz CT molecular complexity index is 305. The summed E-state index contributed by atoms with van der Waals surface area (Å²) in [6.45, 7) is 0.529. The number of carbonyl (C=O) groups is 1. The first-order chi connectivity index (χ1) is 5.77. The van der Waals surface area contributed by atoms with Crippen molar-refractivity contribution in [3.05, 3.63) is 29.0 Å². The van der Waals surface area contributed by atoms with Crippen LogP contribution in [0.25, 0.3) is 0 Å². The van der Waals surface area contributed by atoms with Gasteiger partial charge in [-0.25, -0.2) is 4.98 Å². The Kier molecular flexibility index (Phi) is 1.83. The number of aromatic nitrogens is 1. The van der Waals surface area contributed by atoms with Crippen molar-refractivity contribution >= 4 is 17.4 Å². The maximum absolute atomic E-state index is 11.3. The Morgan fingerprint density at radius 3 is 2.92 bits per heavy atom. The van der Waals surface area contributed by atoms with Gasteiger partial charge in [0.1, 0.15) is 11.3 Å². The Labute approximate surface area is 74.3 Å². The molecular formula is C8H6ClNO2. The number of epoxide rings is 1. The van der Waals surface area contributed by atoms with Crippen LogP contribution < -0.4 is 0 Å². The Balaban J connectivity index is 2.22. The lowest BCUT2D eigenvalue weighted by molar-refractivity contribution is 0.0953. The molecule has 0 aromatic carbocycles. The standard InChI is InChI=1S/C8H6ClNO2/c9-7-2-1-5(3-10-7)8(11)6-4-12-6/h1-3,6H,4H2. The minimum atomic E-state index is -0.243. The fourth-order valence-corrected chi connectivity index (χ4v) is 1.02. The van der Waals surface area contributed by atoms with Crippen LogP contribution in [-0.4, -0.2) is 23.5 Å². The topological polar surface area (TPSA) is 42.5 Å². The molecule has 1 unspecified atom stereocenters. The van der Waals surface area contributed by atoms with Gasteiger partial charge in [0, 0.05) is 11.8 Å². The average Bonchev–Trinajstić information content (AvgIpc) is 2.87. The number of pyridine rings is 1. The van der Waals surface area contributed by atoms with Gasteiger partial charge in [-0.1, -0.05) is 11.6 Å². The van der Waals surface area contributed by atoms with Crippen LogP contribution >= 0.6 is 11.6 Å². The van der Waals surface area contributed by atoms with E-state index in [9.17, 15) is 4.79 Å². The maximum Gasteiger partial charge on any atom is 0.195 e. The molecule has 1 aliphatic heterocycles. The first kappa shape index (κ1) is 7.71. The highest BCUT2D eigenvalue weighted by molar-refractivity contribution is 6.29. The highest BCUT2D eigenvalue weighted by Crippen LogP contribution is 2.16. The molecule has 0 amide bonds. The molecule has 2 heterocycles. The van der Waals surface area contributed by atoms with Gasteiger partial charge in [0.25, 0.3) is 0 Å². The second-order valence-corrected chi connectivity index (χ2v) is 2.94. The molecule has 1 aromatic rings. The fraction of sp³-hybridized carbons (Fsp3) is 0.250. The van der Waals surface area contributed by atoms with Crippen molar-refractivity contribution in [1.29, 1.82) is 0 Å². The monoisotopic (exact) mass is 183 g/mol. The lowest BCUT2D eigenvalue weighted by atomic mass is 10.1. The van der Waals surface area contributed by atoms with Crippen LogP contribution in [0, 0.1) is 0 Å². The van der Waals surface area contributed by atoms with Crippen LogP contribution in [0.15, 0.2) is 18.3 Å². The smallest absolute Gasteiger partial charge is 0.195 e. The second kappa shape index (κ2) is 2.84. The van der Waals surface area contributed by atoms with E-state index in [0.717, 1.165) is 0 Å². The van der Waals surface area contributed by atoms with Gasteiger partial charge in [-0.3, -0.25) is 4.79 Å². The van der Waals surface area contributed by atoms with Gasteiger partial charge in [0.2, 0.25) is 0 Å². The molecule has 0 N–H and O–H groups in total. The Morgan fingerprint density at radius 2 is 2.42 bits per heavy atom. The summed E-state index contributed by atoms with van der Waals surface area (Å²) in [5, 5.41) is 0.392. The molecule has 0 saturated carbocycles. The van der Waals surface area contributed by atoms with Crippen molar-refractivity contribution in [3.63, 3.8) is 0 Å². The van der Waals surface area contributed by atoms with E-state index in [1.807, 2.05) is 0 Å². The summed E-state index contributed by atoms with van der Waals surface area (Å²) >= 11 is 5.56. The van der Waals surface area contributed by atoms with Crippen molar-refractivity contribution in [2.24, 2.45) is 0 Å². The lowest BCUT2D eigenvalue weighted by Gasteiger charge is -1.94. The predicted octanol–water partition coefficient (Wildman–Crippen LogP) is 1.32. The van der Waals surface area contributed by atoms with Gasteiger partial charge in [-0.15, -0.1) is 0 Å². The van der Waals surface area contributed by atoms with Gasteiger partial charge >= 0.3 is 0 Å². The minimum absolute atomic E-state index is 0.0147. The van der Waals surface area contributed by atoms with E-state index >= 15 is 0 Å². The van der Waals surface area contributed by atoms with Crippen LogP contribution in [0.3, 0.4) is 0 Å². The predicted molar refractivity (Wildman–Crippen MR) is 43.3 cm³/mol. The summed E-state index contributed by atoms with van der Waals surface area (Å²) in [6, 6.07) is 3.25. The number of Topliss-reactive ketones (excluding diaryl/α,β-unsaturated/α-hetero) is 1. The molecule has 4 heteroatoms. The summed E-state index contributed by atoms with van der Waals surface area (Å²) in [4.78, 5) is 15.1. The summed E-state index contributed by atoms with van der Waals surface area (Å²) in [5.41, 5.74) is 0.557. The Morgan fingerprint density at radius 1 is 1.67 bits per heavy atom. The van der Waals surface area contributed by atoms with E-state index in [2.05, 4.69) is 4.98 Å². The van der Waals surface area contributed by atoms with Crippen LogP contribution in [0.4, 0.5) is 0 Å². The minimum Gasteiger partial charge on any atom is -0.364 e. The number of ketones is 1. The van der Waals surface area contributed by atoms with Gasteiger partial charge in [0.05, 0.1) is 6.61 Å².